The molecular weight excluding hydrogens is 307 g/mol. The Bertz CT molecular complexity index is 590. The lowest BCUT2D eigenvalue weighted by atomic mass is 10.1. The number of nitrogens with zero attached hydrogens (tertiary/aromatic N) is 5. The average Bonchev–Trinajstić information content (AvgIpc) is 3.22. The van der Waals surface area contributed by atoms with Gasteiger partial charge < -0.3 is 5.32 Å². The van der Waals surface area contributed by atoms with Gasteiger partial charge in [0.25, 0.3) is 0 Å². The largest absolute Gasteiger partial charge is 0.313 e. The third-order valence-corrected chi connectivity index (χ3v) is 4.49. The molecule has 0 spiro atoms. The van der Waals surface area contributed by atoms with Crippen LogP contribution in [0.4, 0.5) is 4.39 Å². The summed E-state index contributed by atoms with van der Waals surface area (Å²) in [5.41, 5.74) is 0. The van der Waals surface area contributed by atoms with E-state index in [0.717, 1.165) is 25.3 Å². The van der Waals surface area contributed by atoms with Crippen molar-refractivity contribution in [1.29, 1.82) is 0 Å². The predicted octanol–water partition coefficient (Wildman–Crippen LogP) is 1.65. The Hall–Kier alpha value is -1.86. The van der Waals surface area contributed by atoms with E-state index in [4.69, 9.17) is 0 Å². The summed E-state index contributed by atoms with van der Waals surface area (Å²) in [5.74, 6) is 0.753. The number of aryl methyl sites for hydroxylation is 1. The highest BCUT2D eigenvalue weighted by Crippen LogP contribution is 2.21. The van der Waals surface area contributed by atoms with Crippen LogP contribution in [0.2, 0.25) is 0 Å². The van der Waals surface area contributed by atoms with Gasteiger partial charge in [0, 0.05) is 56.5 Å². The normalized spacial score (nSPS) is 22.8. The van der Waals surface area contributed by atoms with Gasteiger partial charge in [-0.1, -0.05) is 0 Å². The van der Waals surface area contributed by atoms with E-state index in [9.17, 15) is 4.39 Å². The zero-order chi connectivity index (χ0) is 16.8. The lowest BCUT2D eigenvalue weighted by Crippen LogP contribution is -2.41. The molecule has 1 aliphatic rings. The Morgan fingerprint density at radius 3 is 2.88 bits per heavy atom. The molecule has 1 saturated heterocycles. The van der Waals surface area contributed by atoms with Crippen LogP contribution in [0.5, 0.6) is 0 Å². The van der Waals surface area contributed by atoms with Gasteiger partial charge in [0.15, 0.2) is 0 Å². The van der Waals surface area contributed by atoms with Crippen molar-refractivity contribution in [3.63, 3.8) is 0 Å². The van der Waals surface area contributed by atoms with Crippen molar-refractivity contribution in [3.8, 4) is 0 Å². The molecule has 0 bridgehead atoms. The summed E-state index contributed by atoms with van der Waals surface area (Å²) in [6.07, 6.45) is 8.03. The summed E-state index contributed by atoms with van der Waals surface area (Å²) in [6.45, 7) is 4.91. The summed E-state index contributed by atoms with van der Waals surface area (Å²) in [4.78, 5) is 10.6. The van der Waals surface area contributed by atoms with Crippen molar-refractivity contribution >= 4 is 0 Å². The van der Waals surface area contributed by atoms with E-state index < -0.39 is 6.17 Å². The number of alkyl halides is 1. The lowest BCUT2D eigenvalue weighted by molar-refractivity contribution is 0.220. The van der Waals surface area contributed by atoms with E-state index in [1.807, 2.05) is 16.9 Å². The van der Waals surface area contributed by atoms with Crippen LogP contribution in [-0.4, -0.2) is 56.0 Å². The van der Waals surface area contributed by atoms with Crippen LogP contribution in [0.15, 0.2) is 36.9 Å². The van der Waals surface area contributed by atoms with Gasteiger partial charge >= 0.3 is 0 Å². The summed E-state index contributed by atoms with van der Waals surface area (Å²) < 4.78 is 15.8. The van der Waals surface area contributed by atoms with Crippen LogP contribution in [0.1, 0.15) is 25.6 Å². The minimum atomic E-state index is -0.764. The van der Waals surface area contributed by atoms with Gasteiger partial charge in [0.1, 0.15) is 12.0 Å². The SMILES string of the molecule is C[C@H](CCn1cccn1)NC[C@@H]1C[C@H](F)CN1Cc1ncccn1. The molecule has 6 nitrogen and oxygen atoms in total. The lowest BCUT2D eigenvalue weighted by Gasteiger charge is -2.25. The minimum absolute atomic E-state index is 0.191. The van der Waals surface area contributed by atoms with Gasteiger partial charge in [0.2, 0.25) is 0 Å². The van der Waals surface area contributed by atoms with Crippen molar-refractivity contribution < 1.29 is 4.39 Å². The fourth-order valence-corrected chi connectivity index (χ4v) is 3.12. The summed E-state index contributed by atoms with van der Waals surface area (Å²) >= 11 is 0. The highest BCUT2D eigenvalue weighted by Gasteiger charge is 2.32. The maximum absolute atomic E-state index is 13.9. The smallest absolute Gasteiger partial charge is 0.142 e. The van der Waals surface area contributed by atoms with Crippen molar-refractivity contribution in [2.75, 3.05) is 13.1 Å². The Morgan fingerprint density at radius 1 is 1.29 bits per heavy atom. The zero-order valence-electron chi connectivity index (χ0n) is 14.1. The molecule has 2 aromatic rings. The quantitative estimate of drug-likeness (QED) is 0.797. The van der Waals surface area contributed by atoms with Gasteiger partial charge in [-0.2, -0.15) is 5.10 Å². The Labute approximate surface area is 142 Å². The van der Waals surface area contributed by atoms with Crippen molar-refractivity contribution in [2.45, 2.75) is 51.1 Å². The van der Waals surface area contributed by atoms with Crippen molar-refractivity contribution in [1.82, 2.24) is 30.0 Å². The first-order valence-corrected chi connectivity index (χ1v) is 8.55. The average molecular weight is 332 g/mol. The highest BCUT2D eigenvalue weighted by molar-refractivity contribution is 4.94. The number of aromatic nitrogens is 4. The number of hydrogen-bond donors (Lipinski definition) is 1. The van der Waals surface area contributed by atoms with Crippen LogP contribution in [0.3, 0.4) is 0 Å². The molecule has 1 N–H and O–H groups in total. The highest BCUT2D eigenvalue weighted by atomic mass is 19.1. The number of halogens is 1. The second kappa shape index (κ2) is 8.30. The molecule has 1 fully saturated rings. The molecule has 24 heavy (non-hydrogen) atoms. The maximum Gasteiger partial charge on any atom is 0.142 e. The summed E-state index contributed by atoms with van der Waals surface area (Å²) in [7, 11) is 0. The van der Waals surface area contributed by atoms with E-state index in [1.165, 1.54) is 0 Å². The Morgan fingerprint density at radius 2 is 2.12 bits per heavy atom. The molecule has 0 saturated carbocycles. The molecule has 0 aliphatic carbocycles. The molecule has 0 aromatic carbocycles. The fourth-order valence-electron chi connectivity index (χ4n) is 3.12. The van der Waals surface area contributed by atoms with Crippen molar-refractivity contribution in [2.24, 2.45) is 0 Å². The van der Waals surface area contributed by atoms with E-state index in [1.54, 1.807) is 24.7 Å². The van der Waals surface area contributed by atoms with E-state index >= 15 is 0 Å². The number of hydrogen-bond acceptors (Lipinski definition) is 5. The van der Waals surface area contributed by atoms with E-state index in [-0.39, 0.29) is 6.04 Å². The molecule has 3 heterocycles. The van der Waals surface area contributed by atoms with Gasteiger partial charge in [-0.15, -0.1) is 0 Å². The zero-order valence-corrected chi connectivity index (χ0v) is 14.1. The third-order valence-electron chi connectivity index (χ3n) is 4.49. The first-order chi connectivity index (χ1) is 11.7. The Kier molecular flexibility index (Phi) is 5.87. The minimum Gasteiger partial charge on any atom is -0.313 e. The van der Waals surface area contributed by atoms with Crippen molar-refractivity contribution in [3.05, 3.63) is 42.7 Å². The van der Waals surface area contributed by atoms with Crippen LogP contribution in [0.25, 0.3) is 0 Å². The predicted molar refractivity (Wildman–Crippen MR) is 90.1 cm³/mol. The monoisotopic (exact) mass is 332 g/mol. The molecule has 3 rings (SSSR count). The number of nitrogens with one attached hydrogen (secondary N) is 1. The van der Waals surface area contributed by atoms with Gasteiger partial charge in [-0.05, 0) is 31.9 Å². The van der Waals surface area contributed by atoms with Gasteiger partial charge in [0.05, 0.1) is 6.54 Å². The van der Waals surface area contributed by atoms with E-state index in [2.05, 4.69) is 32.2 Å². The first-order valence-electron chi connectivity index (χ1n) is 8.55. The molecule has 7 heteroatoms. The number of rotatable bonds is 8. The van der Waals surface area contributed by atoms with Crippen LogP contribution >= 0.6 is 0 Å². The van der Waals surface area contributed by atoms with E-state index in [0.29, 0.717) is 25.6 Å². The molecular formula is C17H25FN6. The second-order valence-corrected chi connectivity index (χ2v) is 6.45. The van der Waals surface area contributed by atoms with Crippen LogP contribution in [0, 0.1) is 0 Å². The number of likely N-dealkylation sites (tertiary alicyclic amines) is 1. The fraction of sp³-hybridized carbons (Fsp3) is 0.588. The summed E-state index contributed by atoms with van der Waals surface area (Å²) in [5, 5.41) is 7.74. The molecule has 0 unspecified atom stereocenters. The topological polar surface area (TPSA) is 58.9 Å². The molecule has 0 amide bonds. The Balaban J connectivity index is 1.45. The molecule has 3 atom stereocenters. The molecule has 130 valence electrons. The molecule has 1 aliphatic heterocycles. The van der Waals surface area contributed by atoms with Gasteiger partial charge in [-0.3, -0.25) is 9.58 Å². The third kappa shape index (κ3) is 4.82. The van der Waals surface area contributed by atoms with Crippen LogP contribution in [-0.2, 0) is 13.1 Å². The molecule has 0 radical (unpaired) electrons. The molecule has 2 aromatic heterocycles. The second-order valence-electron chi connectivity index (χ2n) is 6.45. The maximum atomic E-state index is 13.9. The first kappa shape index (κ1) is 17.0. The van der Waals surface area contributed by atoms with Gasteiger partial charge in [-0.25, -0.2) is 14.4 Å². The standard InChI is InChI=1S/C17H25FN6/c1-14(4-9-24-8-3-7-22-24)21-11-16-10-15(18)12-23(16)13-17-19-5-2-6-20-17/h2-3,5-8,14-16,21H,4,9-13H2,1H3/t14-,15+,16+/m1/s1. The summed E-state index contributed by atoms with van der Waals surface area (Å²) in [6, 6.07) is 4.28. The van der Waals surface area contributed by atoms with Crippen LogP contribution < -0.4 is 5.32 Å².